The van der Waals surface area contributed by atoms with E-state index in [4.69, 9.17) is 0 Å². The zero-order valence-electron chi connectivity index (χ0n) is 15.8. The lowest BCUT2D eigenvalue weighted by Gasteiger charge is -2.25. The number of aryl methyl sites for hydroxylation is 1. The molecule has 0 radical (unpaired) electrons. The van der Waals surface area contributed by atoms with Gasteiger partial charge in [-0.1, -0.05) is 13.8 Å². The fraction of sp³-hybridized carbons (Fsp3) is 0.526. The van der Waals surface area contributed by atoms with Crippen molar-refractivity contribution in [1.29, 1.82) is 0 Å². The van der Waals surface area contributed by atoms with Gasteiger partial charge in [0.25, 0.3) is 0 Å². The molecule has 0 unspecified atom stereocenters. The van der Waals surface area contributed by atoms with Gasteiger partial charge in [0.2, 0.25) is 0 Å². The highest BCUT2D eigenvalue weighted by molar-refractivity contribution is 5.63. The van der Waals surface area contributed by atoms with E-state index in [-0.39, 0.29) is 5.56 Å². The Morgan fingerprint density at radius 3 is 2.52 bits per heavy atom. The fourth-order valence-corrected chi connectivity index (χ4v) is 2.89. The summed E-state index contributed by atoms with van der Waals surface area (Å²) in [6, 6.07) is 3.50. The molecule has 2 rings (SSSR count). The zero-order valence-corrected chi connectivity index (χ0v) is 15.8. The van der Waals surface area contributed by atoms with Crippen LogP contribution in [-0.4, -0.2) is 53.3 Å². The second-order valence-electron chi connectivity index (χ2n) is 7.23. The van der Waals surface area contributed by atoms with Crippen molar-refractivity contribution < 1.29 is 8.78 Å². The first-order valence-corrected chi connectivity index (χ1v) is 8.61. The van der Waals surface area contributed by atoms with E-state index in [0.717, 1.165) is 37.3 Å². The summed E-state index contributed by atoms with van der Waals surface area (Å²) >= 11 is 0. The molecule has 0 spiro atoms. The second kappa shape index (κ2) is 8.54. The average Bonchev–Trinajstić information content (AvgIpc) is 2.87. The molecule has 1 aromatic heterocycles. The SMILES string of the molecule is CC(C)CN(CCN(C)C)Cc1cn(C)nc1-c1cc(F)ccc1F. The van der Waals surface area contributed by atoms with Crippen molar-refractivity contribution in [1.82, 2.24) is 19.6 Å². The van der Waals surface area contributed by atoms with Gasteiger partial charge in [-0.3, -0.25) is 9.58 Å². The fourth-order valence-electron chi connectivity index (χ4n) is 2.89. The molecule has 25 heavy (non-hydrogen) atoms. The molecule has 138 valence electrons. The minimum Gasteiger partial charge on any atom is -0.308 e. The van der Waals surface area contributed by atoms with Crippen molar-refractivity contribution in [3.05, 3.63) is 41.6 Å². The molecular formula is C19H28F2N4. The monoisotopic (exact) mass is 350 g/mol. The maximum atomic E-state index is 14.2. The summed E-state index contributed by atoms with van der Waals surface area (Å²) < 4.78 is 29.5. The highest BCUT2D eigenvalue weighted by Gasteiger charge is 2.18. The van der Waals surface area contributed by atoms with Crippen LogP contribution in [0.3, 0.4) is 0 Å². The third-order valence-electron chi connectivity index (χ3n) is 3.97. The van der Waals surface area contributed by atoms with Gasteiger partial charge in [-0.2, -0.15) is 5.10 Å². The number of hydrogen-bond donors (Lipinski definition) is 0. The van der Waals surface area contributed by atoms with Crippen LogP contribution >= 0.6 is 0 Å². The first kappa shape index (κ1) is 19.5. The number of benzene rings is 1. The van der Waals surface area contributed by atoms with Gasteiger partial charge >= 0.3 is 0 Å². The van der Waals surface area contributed by atoms with Crippen LogP contribution in [0.4, 0.5) is 8.78 Å². The maximum Gasteiger partial charge on any atom is 0.132 e. The summed E-state index contributed by atoms with van der Waals surface area (Å²) in [6.07, 6.45) is 1.89. The largest absolute Gasteiger partial charge is 0.308 e. The highest BCUT2D eigenvalue weighted by atomic mass is 19.1. The molecule has 0 N–H and O–H groups in total. The van der Waals surface area contributed by atoms with Gasteiger partial charge in [-0.05, 0) is 38.2 Å². The number of halogens is 2. The van der Waals surface area contributed by atoms with Crippen LogP contribution in [0.2, 0.25) is 0 Å². The molecule has 4 nitrogen and oxygen atoms in total. The van der Waals surface area contributed by atoms with Crippen molar-refractivity contribution >= 4 is 0 Å². The van der Waals surface area contributed by atoms with Crippen molar-refractivity contribution in [3.8, 4) is 11.3 Å². The number of rotatable bonds is 8. The number of hydrogen-bond acceptors (Lipinski definition) is 3. The highest BCUT2D eigenvalue weighted by Crippen LogP contribution is 2.26. The summed E-state index contributed by atoms with van der Waals surface area (Å²) in [7, 11) is 5.90. The Hall–Kier alpha value is -1.79. The van der Waals surface area contributed by atoms with Crippen molar-refractivity contribution in [2.45, 2.75) is 20.4 Å². The average molecular weight is 350 g/mol. The molecule has 0 atom stereocenters. The lowest BCUT2D eigenvalue weighted by Crippen LogP contribution is -2.34. The topological polar surface area (TPSA) is 24.3 Å². The Balaban J connectivity index is 2.30. The van der Waals surface area contributed by atoms with Crippen LogP contribution in [0.5, 0.6) is 0 Å². The van der Waals surface area contributed by atoms with Gasteiger partial charge in [-0.15, -0.1) is 0 Å². The normalized spacial score (nSPS) is 11.9. The molecule has 0 aliphatic carbocycles. The molecule has 1 heterocycles. The van der Waals surface area contributed by atoms with Crippen LogP contribution < -0.4 is 0 Å². The van der Waals surface area contributed by atoms with E-state index in [1.165, 1.54) is 6.07 Å². The standard InChI is InChI=1S/C19H28F2N4/c1-14(2)11-25(9-8-23(3)4)13-15-12-24(5)22-19(15)17-10-16(20)6-7-18(17)21/h6-7,10,12,14H,8-9,11,13H2,1-5H3. The second-order valence-corrected chi connectivity index (χ2v) is 7.23. The lowest BCUT2D eigenvalue weighted by atomic mass is 10.1. The maximum absolute atomic E-state index is 14.2. The van der Waals surface area contributed by atoms with E-state index < -0.39 is 11.6 Å². The molecule has 0 aliphatic heterocycles. The summed E-state index contributed by atoms with van der Waals surface area (Å²) in [6.45, 7) is 7.80. The summed E-state index contributed by atoms with van der Waals surface area (Å²) in [5, 5.41) is 4.38. The Morgan fingerprint density at radius 1 is 1.16 bits per heavy atom. The van der Waals surface area contributed by atoms with Crippen LogP contribution in [-0.2, 0) is 13.6 Å². The van der Waals surface area contributed by atoms with E-state index in [2.05, 4.69) is 28.7 Å². The number of aromatic nitrogens is 2. The first-order valence-electron chi connectivity index (χ1n) is 8.61. The van der Waals surface area contributed by atoms with Gasteiger partial charge in [0.15, 0.2) is 0 Å². The molecule has 0 amide bonds. The van der Waals surface area contributed by atoms with Gasteiger partial charge in [0, 0.05) is 50.6 Å². The number of nitrogens with zero attached hydrogens (tertiary/aromatic N) is 4. The van der Waals surface area contributed by atoms with Gasteiger partial charge in [-0.25, -0.2) is 8.78 Å². The lowest BCUT2D eigenvalue weighted by molar-refractivity contribution is 0.212. The first-order chi connectivity index (χ1) is 11.8. The van der Waals surface area contributed by atoms with Crippen LogP contribution in [0.1, 0.15) is 19.4 Å². The van der Waals surface area contributed by atoms with Crippen LogP contribution in [0, 0.1) is 17.6 Å². The molecule has 0 saturated carbocycles. The van der Waals surface area contributed by atoms with E-state index >= 15 is 0 Å². The molecule has 0 bridgehead atoms. The van der Waals surface area contributed by atoms with Gasteiger partial charge in [0.05, 0.1) is 5.69 Å². The van der Waals surface area contributed by atoms with Crippen molar-refractivity contribution in [3.63, 3.8) is 0 Å². The predicted molar refractivity (Wildman–Crippen MR) is 97.2 cm³/mol. The molecular weight excluding hydrogens is 322 g/mol. The summed E-state index contributed by atoms with van der Waals surface area (Å²) in [5.41, 5.74) is 1.64. The van der Waals surface area contributed by atoms with Crippen LogP contribution in [0.15, 0.2) is 24.4 Å². The minimum absolute atomic E-state index is 0.215. The molecule has 0 fully saturated rings. The predicted octanol–water partition coefficient (Wildman–Crippen LogP) is 3.38. The Bertz CT molecular complexity index is 695. The molecule has 2 aromatic rings. The number of likely N-dealkylation sites (N-methyl/N-ethyl adjacent to an activating group) is 1. The van der Waals surface area contributed by atoms with Crippen molar-refractivity contribution in [2.24, 2.45) is 13.0 Å². The van der Waals surface area contributed by atoms with E-state index in [9.17, 15) is 8.78 Å². The summed E-state index contributed by atoms with van der Waals surface area (Å²) in [5.74, 6) is -0.391. The quantitative estimate of drug-likeness (QED) is 0.729. The van der Waals surface area contributed by atoms with Crippen molar-refractivity contribution in [2.75, 3.05) is 33.7 Å². The minimum atomic E-state index is -0.459. The Morgan fingerprint density at radius 2 is 1.88 bits per heavy atom. The third kappa shape index (κ3) is 5.61. The van der Waals surface area contributed by atoms with E-state index in [1.54, 1.807) is 11.7 Å². The molecule has 0 aliphatic rings. The Kier molecular flexibility index (Phi) is 6.67. The molecule has 6 heteroatoms. The zero-order chi connectivity index (χ0) is 18.6. The molecule has 1 aromatic carbocycles. The summed E-state index contributed by atoms with van der Waals surface area (Å²) in [4.78, 5) is 4.48. The molecule has 0 saturated heterocycles. The van der Waals surface area contributed by atoms with Gasteiger partial charge < -0.3 is 4.90 Å². The van der Waals surface area contributed by atoms with E-state index in [1.807, 2.05) is 20.3 Å². The van der Waals surface area contributed by atoms with Gasteiger partial charge in [0.1, 0.15) is 11.6 Å². The third-order valence-corrected chi connectivity index (χ3v) is 3.97. The van der Waals surface area contributed by atoms with Crippen LogP contribution in [0.25, 0.3) is 11.3 Å². The Labute approximate surface area is 149 Å². The smallest absolute Gasteiger partial charge is 0.132 e. The van der Waals surface area contributed by atoms with E-state index in [0.29, 0.717) is 18.2 Å².